The molecule has 2 aliphatic carbocycles. The molecular formula is C21H32N2O2S. The monoisotopic (exact) mass is 376 g/mol. The minimum absolute atomic E-state index is 0.0651. The molecule has 1 aromatic rings. The Morgan fingerprint density at radius 2 is 1.92 bits per heavy atom. The van der Waals surface area contributed by atoms with E-state index in [-0.39, 0.29) is 11.3 Å². The number of amides is 1. The molecule has 3 fully saturated rings. The van der Waals surface area contributed by atoms with Gasteiger partial charge < -0.3 is 9.42 Å². The predicted molar refractivity (Wildman–Crippen MR) is 105 cm³/mol. The van der Waals surface area contributed by atoms with Crippen molar-refractivity contribution in [3.05, 3.63) is 11.5 Å². The zero-order chi connectivity index (χ0) is 18.5. The largest absolute Gasteiger partial charge is 0.350 e. The Labute approximate surface area is 161 Å². The molecule has 4 nitrogen and oxygen atoms in total. The average molecular weight is 377 g/mol. The lowest BCUT2D eigenvalue weighted by Gasteiger charge is -2.39. The van der Waals surface area contributed by atoms with E-state index in [1.165, 1.54) is 38.5 Å². The molecule has 0 spiro atoms. The fourth-order valence-corrected chi connectivity index (χ4v) is 7.16. The summed E-state index contributed by atoms with van der Waals surface area (Å²) in [6.07, 6.45) is 9.82. The zero-order valence-electron chi connectivity index (χ0n) is 16.6. The summed E-state index contributed by atoms with van der Waals surface area (Å²) < 4.78 is 5.58. The van der Waals surface area contributed by atoms with Crippen LogP contribution in [-0.4, -0.2) is 33.8 Å². The van der Waals surface area contributed by atoms with Gasteiger partial charge in [0.1, 0.15) is 0 Å². The second kappa shape index (κ2) is 6.57. The molecule has 1 saturated heterocycles. The van der Waals surface area contributed by atoms with E-state index in [2.05, 4.69) is 30.8 Å². The molecule has 0 N–H and O–H groups in total. The summed E-state index contributed by atoms with van der Waals surface area (Å²) in [5.74, 6) is 0.558. The summed E-state index contributed by atoms with van der Waals surface area (Å²) in [6.45, 7) is 9.85. The van der Waals surface area contributed by atoms with Crippen LogP contribution in [0, 0.1) is 17.8 Å². The SMILES string of the molecule is Cc1noc(C(=O)N2CC3(C)CC2CC(C)(C)C3)c1SC1CCCCC1. The number of thioether (sulfide) groups is 1. The third-order valence-electron chi connectivity index (χ3n) is 6.52. The van der Waals surface area contributed by atoms with Crippen molar-refractivity contribution < 1.29 is 9.32 Å². The van der Waals surface area contributed by atoms with Crippen molar-refractivity contribution in [1.29, 1.82) is 0 Å². The maximum absolute atomic E-state index is 13.4. The minimum atomic E-state index is 0.0651. The average Bonchev–Trinajstić information content (AvgIpc) is 3.04. The normalized spacial score (nSPS) is 31.4. The first-order chi connectivity index (χ1) is 12.3. The zero-order valence-corrected chi connectivity index (χ0v) is 17.5. The summed E-state index contributed by atoms with van der Waals surface area (Å²) in [5.41, 5.74) is 1.43. The van der Waals surface area contributed by atoms with E-state index in [1.54, 1.807) is 0 Å². The number of likely N-dealkylation sites (tertiary alicyclic amines) is 1. The lowest BCUT2D eigenvalue weighted by Crippen LogP contribution is -2.37. The Morgan fingerprint density at radius 1 is 1.19 bits per heavy atom. The number of hydrogen-bond donors (Lipinski definition) is 0. The van der Waals surface area contributed by atoms with Crippen molar-refractivity contribution in [3.63, 3.8) is 0 Å². The molecule has 0 radical (unpaired) electrons. The molecule has 1 aliphatic heterocycles. The van der Waals surface area contributed by atoms with E-state index < -0.39 is 0 Å². The van der Waals surface area contributed by atoms with E-state index in [0.29, 0.717) is 22.5 Å². The fourth-order valence-electron chi connectivity index (χ4n) is 5.81. The van der Waals surface area contributed by atoms with Crippen LogP contribution < -0.4 is 0 Å². The molecule has 1 amide bonds. The van der Waals surface area contributed by atoms with Crippen LogP contribution in [-0.2, 0) is 0 Å². The maximum Gasteiger partial charge on any atom is 0.293 e. The second-order valence-electron chi connectivity index (χ2n) is 9.95. The highest BCUT2D eigenvalue weighted by atomic mass is 32.2. The van der Waals surface area contributed by atoms with Gasteiger partial charge in [0.25, 0.3) is 5.91 Å². The summed E-state index contributed by atoms with van der Waals surface area (Å²) in [5, 5.41) is 4.76. The molecule has 26 heavy (non-hydrogen) atoms. The molecule has 2 atom stereocenters. The van der Waals surface area contributed by atoms with E-state index in [9.17, 15) is 4.79 Å². The minimum Gasteiger partial charge on any atom is -0.350 e. The molecule has 2 saturated carbocycles. The predicted octanol–water partition coefficient (Wildman–Crippen LogP) is 5.45. The van der Waals surface area contributed by atoms with E-state index in [4.69, 9.17) is 4.52 Å². The van der Waals surface area contributed by atoms with E-state index in [1.807, 2.05) is 18.7 Å². The van der Waals surface area contributed by atoms with Crippen LogP contribution in [0.1, 0.15) is 88.4 Å². The molecule has 3 aliphatic rings. The van der Waals surface area contributed by atoms with E-state index in [0.717, 1.165) is 30.0 Å². The highest BCUT2D eigenvalue weighted by Crippen LogP contribution is 2.53. The molecule has 5 heteroatoms. The van der Waals surface area contributed by atoms with E-state index >= 15 is 0 Å². The molecule has 0 aromatic carbocycles. The highest BCUT2D eigenvalue weighted by Gasteiger charge is 2.51. The summed E-state index contributed by atoms with van der Waals surface area (Å²) in [4.78, 5) is 16.5. The Hall–Kier alpha value is -0.970. The first-order valence-corrected chi connectivity index (χ1v) is 11.1. The number of hydrogen-bond acceptors (Lipinski definition) is 4. The molecule has 144 valence electrons. The first-order valence-electron chi connectivity index (χ1n) is 10.2. The van der Waals surface area contributed by atoms with Gasteiger partial charge in [-0.05, 0) is 49.9 Å². The van der Waals surface area contributed by atoms with Gasteiger partial charge in [0, 0.05) is 17.8 Å². The van der Waals surface area contributed by atoms with Gasteiger partial charge in [0.2, 0.25) is 5.76 Å². The molecule has 2 heterocycles. The van der Waals surface area contributed by atoms with Crippen LogP contribution in [0.3, 0.4) is 0 Å². The quantitative estimate of drug-likeness (QED) is 0.704. The maximum atomic E-state index is 13.4. The van der Waals surface area contributed by atoms with Gasteiger partial charge in [0.05, 0.1) is 10.6 Å². The number of aryl methyl sites for hydroxylation is 1. The second-order valence-corrected chi connectivity index (χ2v) is 11.3. The molecule has 2 bridgehead atoms. The lowest BCUT2D eigenvalue weighted by atomic mass is 9.65. The number of fused-ring (bicyclic) bond motifs is 2. The smallest absolute Gasteiger partial charge is 0.293 e. The third-order valence-corrected chi connectivity index (χ3v) is 8.04. The summed E-state index contributed by atoms with van der Waals surface area (Å²) >= 11 is 1.83. The third kappa shape index (κ3) is 3.44. The lowest BCUT2D eigenvalue weighted by molar-refractivity contribution is 0.0662. The van der Waals surface area contributed by atoms with Crippen molar-refractivity contribution in [2.75, 3.05) is 6.54 Å². The van der Waals surface area contributed by atoms with Crippen LogP contribution in [0.25, 0.3) is 0 Å². The van der Waals surface area contributed by atoms with Gasteiger partial charge in [-0.1, -0.05) is 45.2 Å². The fraction of sp³-hybridized carbons (Fsp3) is 0.810. The molecule has 4 rings (SSSR count). The van der Waals surface area contributed by atoms with Crippen molar-refractivity contribution in [3.8, 4) is 0 Å². The van der Waals surface area contributed by atoms with Crippen molar-refractivity contribution >= 4 is 17.7 Å². The Balaban J connectivity index is 1.56. The van der Waals surface area contributed by atoms with Crippen molar-refractivity contribution in [1.82, 2.24) is 10.1 Å². The molecule has 1 aromatic heterocycles. The van der Waals surface area contributed by atoms with Gasteiger partial charge >= 0.3 is 0 Å². The number of nitrogens with zero attached hydrogens (tertiary/aromatic N) is 2. The van der Waals surface area contributed by atoms with Gasteiger partial charge in [-0.25, -0.2) is 0 Å². The Bertz CT molecular complexity index is 692. The molecule has 2 unspecified atom stereocenters. The van der Waals surface area contributed by atoms with Crippen LogP contribution in [0.2, 0.25) is 0 Å². The Morgan fingerprint density at radius 3 is 2.65 bits per heavy atom. The number of carbonyl (C=O) groups is 1. The van der Waals surface area contributed by atoms with Gasteiger partial charge in [0.15, 0.2) is 0 Å². The highest BCUT2D eigenvalue weighted by molar-refractivity contribution is 8.00. The standard InChI is InChI=1S/C21H32N2O2S/c1-14-18(26-16-8-6-5-7-9-16)17(25-22-14)19(24)23-13-21(4)11-15(23)10-20(2,3)12-21/h15-16H,5-13H2,1-4H3. The van der Waals surface area contributed by atoms with Gasteiger partial charge in [-0.2, -0.15) is 0 Å². The van der Waals surface area contributed by atoms with Crippen molar-refractivity contribution in [2.24, 2.45) is 10.8 Å². The first kappa shape index (κ1) is 18.4. The Kier molecular flexibility index (Phi) is 4.65. The van der Waals surface area contributed by atoms with Crippen molar-refractivity contribution in [2.45, 2.75) is 95.2 Å². The van der Waals surface area contributed by atoms with Gasteiger partial charge in [-0.15, -0.1) is 11.8 Å². The summed E-state index contributed by atoms with van der Waals surface area (Å²) in [6, 6.07) is 0.342. The van der Waals surface area contributed by atoms with Crippen LogP contribution in [0.5, 0.6) is 0 Å². The summed E-state index contributed by atoms with van der Waals surface area (Å²) in [7, 11) is 0. The van der Waals surface area contributed by atoms with Crippen LogP contribution >= 0.6 is 11.8 Å². The topological polar surface area (TPSA) is 46.3 Å². The number of aromatic nitrogens is 1. The van der Waals surface area contributed by atoms with Crippen LogP contribution in [0.4, 0.5) is 0 Å². The van der Waals surface area contributed by atoms with Gasteiger partial charge in [-0.3, -0.25) is 4.79 Å². The number of rotatable bonds is 3. The number of carbonyl (C=O) groups excluding carboxylic acids is 1. The molecular weight excluding hydrogens is 344 g/mol. The van der Waals surface area contributed by atoms with Crippen LogP contribution in [0.15, 0.2) is 9.42 Å².